The normalized spacial score (nSPS) is 21.4. The minimum absolute atomic E-state index is 0.186. The molecule has 3 heteroatoms. The number of halogens is 1. The predicted molar refractivity (Wildman–Crippen MR) is 60.6 cm³/mol. The number of rotatable bonds is 2. The summed E-state index contributed by atoms with van der Waals surface area (Å²) >= 11 is 0. The average Bonchev–Trinajstić information content (AvgIpc) is 2.29. The van der Waals surface area contributed by atoms with Gasteiger partial charge in [-0.3, -0.25) is 0 Å². The van der Waals surface area contributed by atoms with E-state index in [1.54, 1.807) is 12.1 Å². The maximum atomic E-state index is 13.1. The summed E-state index contributed by atoms with van der Waals surface area (Å²) in [6, 6.07) is 6.97. The lowest BCUT2D eigenvalue weighted by atomic mass is 10.1. The highest BCUT2D eigenvalue weighted by molar-refractivity contribution is 5.49. The van der Waals surface area contributed by atoms with E-state index in [2.05, 4.69) is 16.8 Å². The summed E-state index contributed by atoms with van der Waals surface area (Å²) < 4.78 is 13.1. The fourth-order valence-electron chi connectivity index (χ4n) is 1.91. The third kappa shape index (κ3) is 2.18. The number of hydrogen-bond acceptors (Lipinski definition) is 2. The topological polar surface area (TPSA) is 15.3 Å². The largest absolute Gasteiger partial charge is 0.362 e. The Hall–Kier alpha value is -1.35. The van der Waals surface area contributed by atoms with E-state index in [1.807, 2.05) is 12.1 Å². The molecule has 0 bridgehead atoms. The minimum atomic E-state index is -0.186. The number of piperazine rings is 1. The van der Waals surface area contributed by atoms with Crippen LogP contribution >= 0.6 is 0 Å². The van der Waals surface area contributed by atoms with Crippen molar-refractivity contribution in [1.82, 2.24) is 5.32 Å². The molecule has 2 rings (SSSR count). The van der Waals surface area contributed by atoms with Crippen LogP contribution in [0.15, 0.2) is 36.9 Å². The highest BCUT2D eigenvalue weighted by atomic mass is 19.1. The van der Waals surface area contributed by atoms with Crippen LogP contribution in [0.3, 0.4) is 0 Å². The molecule has 1 heterocycles. The Bertz CT molecular complexity index is 351. The Morgan fingerprint density at radius 3 is 3.13 bits per heavy atom. The molecule has 1 aliphatic heterocycles. The molecule has 0 unspecified atom stereocenters. The zero-order valence-corrected chi connectivity index (χ0v) is 8.62. The summed E-state index contributed by atoms with van der Waals surface area (Å²) in [5, 5.41) is 3.29. The van der Waals surface area contributed by atoms with Gasteiger partial charge in [0.2, 0.25) is 0 Å². The van der Waals surface area contributed by atoms with Crippen LogP contribution < -0.4 is 10.2 Å². The molecule has 0 aliphatic carbocycles. The number of nitrogens with one attached hydrogen (secondary N) is 1. The van der Waals surface area contributed by atoms with Crippen molar-refractivity contribution < 1.29 is 4.39 Å². The van der Waals surface area contributed by atoms with E-state index in [-0.39, 0.29) is 11.9 Å². The number of benzene rings is 1. The Labute approximate surface area is 89.4 Å². The molecule has 1 fully saturated rings. The van der Waals surface area contributed by atoms with Crippen LogP contribution in [0.4, 0.5) is 10.1 Å². The standard InChI is InChI=1S/C12H15FN2/c1-2-11-9-14-6-7-15(11)12-5-3-4-10(13)8-12/h2-5,8,11,14H,1,6-7,9H2/t11-/m0/s1. The van der Waals surface area contributed by atoms with Crippen molar-refractivity contribution in [2.24, 2.45) is 0 Å². The molecular formula is C12H15FN2. The van der Waals surface area contributed by atoms with Gasteiger partial charge >= 0.3 is 0 Å². The zero-order chi connectivity index (χ0) is 10.7. The Balaban J connectivity index is 2.23. The average molecular weight is 206 g/mol. The molecule has 0 amide bonds. The second kappa shape index (κ2) is 4.45. The monoisotopic (exact) mass is 206 g/mol. The molecular weight excluding hydrogens is 191 g/mol. The molecule has 1 aromatic rings. The third-order valence-corrected chi connectivity index (χ3v) is 2.70. The molecule has 80 valence electrons. The molecule has 0 spiro atoms. The van der Waals surface area contributed by atoms with Gasteiger partial charge in [0.15, 0.2) is 0 Å². The highest BCUT2D eigenvalue weighted by Crippen LogP contribution is 2.19. The molecule has 15 heavy (non-hydrogen) atoms. The molecule has 1 aromatic carbocycles. The zero-order valence-electron chi connectivity index (χ0n) is 8.62. The van der Waals surface area contributed by atoms with Crippen molar-refractivity contribution in [3.63, 3.8) is 0 Å². The summed E-state index contributed by atoms with van der Waals surface area (Å²) in [4.78, 5) is 2.17. The molecule has 1 aliphatic rings. The Kier molecular flexibility index (Phi) is 3.02. The summed E-state index contributed by atoms with van der Waals surface area (Å²) in [7, 11) is 0. The van der Waals surface area contributed by atoms with E-state index in [0.29, 0.717) is 0 Å². The summed E-state index contributed by atoms with van der Waals surface area (Å²) in [6.45, 7) is 6.50. The Morgan fingerprint density at radius 1 is 1.53 bits per heavy atom. The van der Waals surface area contributed by atoms with Crippen LogP contribution in [0, 0.1) is 5.82 Å². The quantitative estimate of drug-likeness (QED) is 0.742. The van der Waals surface area contributed by atoms with E-state index < -0.39 is 0 Å². The van der Waals surface area contributed by atoms with Crippen molar-refractivity contribution in [2.75, 3.05) is 24.5 Å². The van der Waals surface area contributed by atoms with Crippen LogP contribution in [0.5, 0.6) is 0 Å². The number of hydrogen-bond donors (Lipinski definition) is 1. The fraction of sp³-hybridized carbons (Fsp3) is 0.333. The summed E-state index contributed by atoms with van der Waals surface area (Å²) in [6.07, 6.45) is 1.90. The van der Waals surface area contributed by atoms with Gasteiger partial charge in [0.25, 0.3) is 0 Å². The van der Waals surface area contributed by atoms with Crippen LogP contribution in [-0.2, 0) is 0 Å². The van der Waals surface area contributed by atoms with Gasteiger partial charge in [-0.2, -0.15) is 0 Å². The van der Waals surface area contributed by atoms with Gasteiger partial charge in [-0.15, -0.1) is 6.58 Å². The van der Waals surface area contributed by atoms with E-state index >= 15 is 0 Å². The molecule has 1 saturated heterocycles. The van der Waals surface area contributed by atoms with Gasteiger partial charge in [-0.25, -0.2) is 4.39 Å². The molecule has 1 N–H and O–H groups in total. The van der Waals surface area contributed by atoms with Gasteiger partial charge < -0.3 is 10.2 Å². The van der Waals surface area contributed by atoms with Crippen LogP contribution in [0.25, 0.3) is 0 Å². The van der Waals surface area contributed by atoms with E-state index in [0.717, 1.165) is 25.3 Å². The van der Waals surface area contributed by atoms with Crippen LogP contribution in [0.1, 0.15) is 0 Å². The van der Waals surface area contributed by atoms with Crippen molar-refractivity contribution in [1.29, 1.82) is 0 Å². The summed E-state index contributed by atoms with van der Waals surface area (Å²) in [5.74, 6) is -0.186. The SMILES string of the molecule is C=C[C@H]1CNCCN1c1cccc(F)c1. The van der Waals surface area contributed by atoms with Gasteiger partial charge in [0.05, 0.1) is 6.04 Å². The molecule has 0 aromatic heterocycles. The molecule has 2 nitrogen and oxygen atoms in total. The first-order chi connectivity index (χ1) is 7.31. The lowest BCUT2D eigenvalue weighted by Crippen LogP contribution is -2.50. The first-order valence-corrected chi connectivity index (χ1v) is 5.17. The maximum absolute atomic E-state index is 13.1. The first kappa shape index (κ1) is 10.2. The fourth-order valence-corrected chi connectivity index (χ4v) is 1.91. The van der Waals surface area contributed by atoms with Crippen LogP contribution in [0.2, 0.25) is 0 Å². The Morgan fingerprint density at radius 2 is 2.40 bits per heavy atom. The van der Waals surface area contributed by atoms with Gasteiger partial charge in [0.1, 0.15) is 5.82 Å². The summed E-state index contributed by atoms with van der Waals surface area (Å²) in [5.41, 5.74) is 0.932. The highest BCUT2D eigenvalue weighted by Gasteiger charge is 2.19. The van der Waals surface area contributed by atoms with E-state index in [4.69, 9.17) is 0 Å². The van der Waals surface area contributed by atoms with Crippen molar-refractivity contribution >= 4 is 5.69 Å². The predicted octanol–water partition coefficient (Wildman–Crippen LogP) is 1.79. The first-order valence-electron chi connectivity index (χ1n) is 5.17. The smallest absolute Gasteiger partial charge is 0.125 e. The maximum Gasteiger partial charge on any atom is 0.125 e. The van der Waals surface area contributed by atoms with E-state index in [9.17, 15) is 4.39 Å². The number of anilines is 1. The lowest BCUT2D eigenvalue weighted by molar-refractivity contribution is 0.528. The molecule has 0 radical (unpaired) electrons. The van der Waals surface area contributed by atoms with Gasteiger partial charge in [0, 0.05) is 25.3 Å². The molecule has 1 atom stereocenters. The van der Waals surface area contributed by atoms with Crippen molar-refractivity contribution in [2.45, 2.75) is 6.04 Å². The lowest BCUT2D eigenvalue weighted by Gasteiger charge is -2.36. The van der Waals surface area contributed by atoms with Crippen LogP contribution in [-0.4, -0.2) is 25.7 Å². The third-order valence-electron chi connectivity index (χ3n) is 2.70. The van der Waals surface area contributed by atoms with E-state index in [1.165, 1.54) is 6.07 Å². The number of nitrogens with zero attached hydrogens (tertiary/aromatic N) is 1. The molecule has 0 saturated carbocycles. The van der Waals surface area contributed by atoms with Gasteiger partial charge in [-0.1, -0.05) is 12.1 Å². The second-order valence-electron chi connectivity index (χ2n) is 3.68. The second-order valence-corrected chi connectivity index (χ2v) is 3.68. The minimum Gasteiger partial charge on any atom is -0.362 e. The van der Waals surface area contributed by atoms with Crippen molar-refractivity contribution in [3.05, 3.63) is 42.7 Å². The van der Waals surface area contributed by atoms with Gasteiger partial charge in [-0.05, 0) is 18.2 Å². The van der Waals surface area contributed by atoms with Crippen molar-refractivity contribution in [3.8, 4) is 0 Å².